The number of rotatable bonds is 2. The summed E-state index contributed by atoms with van der Waals surface area (Å²) in [7, 11) is -3.39. The Morgan fingerprint density at radius 2 is 1.62 bits per heavy atom. The van der Waals surface area contributed by atoms with Gasteiger partial charge in [-0.1, -0.05) is 17.7 Å². The molecule has 0 amide bonds. The highest BCUT2D eigenvalue weighted by molar-refractivity contribution is 7.91. The molecule has 0 spiro atoms. The van der Waals surface area contributed by atoms with Crippen LogP contribution in [0, 0.1) is 13.8 Å². The molecule has 0 aliphatic carbocycles. The number of benzene rings is 1. The summed E-state index contributed by atoms with van der Waals surface area (Å²) in [5.41, 5.74) is 1.95. The van der Waals surface area contributed by atoms with E-state index in [1.165, 1.54) is 0 Å². The van der Waals surface area contributed by atoms with Crippen molar-refractivity contribution in [3.8, 4) is 0 Å². The second kappa shape index (κ2) is 3.79. The molecule has 1 N–H and O–H groups in total. The van der Waals surface area contributed by atoms with E-state index in [0.29, 0.717) is 4.90 Å². The molecule has 1 heterocycles. The third kappa shape index (κ3) is 1.88. The fraction of sp³-hybridized carbons (Fsp3) is 0.167. The van der Waals surface area contributed by atoms with Crippen molar-refractivity contribution in [3.05, 3.63) is 47.7 Å². The molecule has 1 aromatic heterocycles. The van der Waals surface area contributed by atoms with Crippen LogP contribution in [0.15, 0.2) is 46.5 Å². The van der Waals surface area contributed by atoms with Crippen LogP contribution >= 0.6 is 0 Å². The highest BCUT2D eigenvalue weighted by Crippen LogP contribution is 2.20. The second-order valence-electron chi connectivity index (χ2n) is 3.86. The van der Waals surface area contributed by atoms with Crippen LogP contribution in [0.2, 0.25) is 0 Å². The quantitative estimate of drug-likeness (QED) is 0.869. The summed E-state index contributed by atoms with van der Waals surface area (Å²) in [4.78, 5) is 3.09. The predicted octanol–water partition coefficient (Wildman–Crippen LogP) is 2.46. The van der Waals surface area contributed by atoms with Gasteiger partial charge in [0.15, 0.2) is 0 Å². The molecule has 0 saturated carbocycles. The largest absolute Gasteiger partial charge is 0.352 e. The fourth-order valence-electron chi connectivity index (χ4n) is 1.47. The minimum atomic E-state index is -3.39. The standard InChI is InChI=1S/C12H13NO2S/c1-9-3-5-11(6-4-9)16(14,15)12-7-10(2)8-13-12/h3-8,13H,1-2H3. The van der Waals surface area contributed by atoms with Gasteiger partial charge in [0, 0.05) is 6.20 Å². The molecule has 3 nitrogen and oxygen atoms in total. The molecule has 1 aromatic carbocycles. The van der Waals surface area contributed by atoms with Crippen LogP contribution < -0.4 is 0 Å². The number of H-pyrrole nitrogens is 1. The lowest BCUT2D eigenvalue weighted by Crippen LogP contribution is -2.01. The maximum Gasteiger partial charge on any atom is 0.221 e. The van der Waals surface area contributed by atoms with Gasteiger partial charge in [-0.15, -0.1) is 0 Å². The number of hydrogen-bond acceptors (Lipinski definition) is 2. The Balaban J connectivity index is 2.51. The van der Waals surface area contributed by atoms with Crippen LogP contribution in [-0.4, -0.2) is 13.4 Å². The minimum Gasteiger partial charge on any atom is -0.352 e. The first-order chi connectivity index (χ1) is 7.50. The number of aryl methyl sites for hydroxylation is 2. The van der Waals surface area contributed by atoms with Gasteiger partial charge in [0.25, 0.3) is 0 Å². The van der Waals surface area contributed by atoms with E-state index >= 15 is 0 Å². The van der Waals surface area contributed by atoms with E-state index in [4.69, 9.17) is 0 Å². The zero-order chi connectivity index (χ0) is 11.8. The average molecular weight is 235 g/mol. The second-order valence-corrected chi connectivity index (χ2v) is 5.78. The summed E-state index contributed by atoms with van der Waals surface area (Å²) in [6, 6.07) is 8.47. The topological polar surface area (TPSA) is 49.9 Å². The monoisotopic (exact) mass is 235 g/mol. The van der Waals surface area contributed by atoms with Crippen LogP contribution in [0.1, 0.15) is 11.1 Å². The van der Waals surface area contributed by atoms with Gasteiger partial charge in [0.1, 0.15) is 5.03 Å². The molecule has 4 heteroatoms. The summed E-state index contributed by atoms with van der Waals surface area (Å²) in [5, 5.41) is 0.244. The van der Waals surface area contributed by atoms with Gasteiger partial charge >= 0.3 is 0 Å². The van der Waals surface area contributed by atoms with Crippen molar-refractivity contribution < 1.29 is 8.42 Å². The first-order valence-electron chi connectivity index (χ1n) is 4.97. The van der Waals surface area contributed by atoms with Crippen LogP contribution in [0.5, 0.6) is 0 Å². The first-order valence-corrected chi connectivity index (χ1v) is 6.45. The van der Waals surface area contributed by atoms with E-state index in [9.17, 15) is 8.42 Å². The lowest BCUT2D eigenvalue weighted by molar-refractivity contribution is 0.593. The summed E-state index contributed by atoms with van der Waals surface area (Å²) >= 11 is 0. The Morgan fingerprint density at radius 3 is 2.12 bits per heavy atom. The molecule has 0 aliphatic heterocycles. The maximum absolute atomic E-state index is 12.1. The third-order valence-corrected chi connectivity index (χ3v) is 4.13. The van der Waals surface area contributed by atoms with E-state index in [1.807, 2.05) is 13.8 Å². The van der Waals surface area contributed by atoms with E-state index in [-0.39, 0.29) is 5.03 Å². The van der Waals surface area contributed by atoms with Gasteiger partial charge < -0.3 is 4.98 Å². The number of sulfone groups is 1. The SMILES string of the molecule is Cc1ccc(S(=O)(=O)c2cc(C)c[nH]2)cc1. The zero-order valence-electron chi connectivity index (χ0n) is 9.19. The summed E-state index contributed by atoms with van der Waals surface area (Å²) in [6.45, 7) is 3.78. The fourth-order valence-corrected chi connectivity index (χ4v) is 2.78. The lowest BCUT2D eigenvalue weighted by Gasteiger charge is -2.02. The van der Waals surface area contributed by atoms with Crippen LogP contribution in [-0.2, 0) is 9.84 Å². The Hall–Kier alpha value is -1.55. The number of hydrogen-bond donors (Lipinski definition) is 1. The van der Waals surface area contributed by atoms with Crippen molar-refractivity contribution in [2.75, 3.05) is 0 Å². The van der Waals surface area contributed by atoms with Gasteiger partial charge in [0.05, 0.1) is 4.90 Å². The minimum absolute atomic E-state index is 0.244. The van der Waals surface area contributed by atoms with E-state index < -0.39 is 9.84 Å². The molecule has 84 valence electrons. The van der Waals surface area contributed by atoms with Crippen molar-refractivity contribution in [1.82, 2.24) is 4.98 Å². The molecule has 16 heavy (non-hydrogen) atoms. The molecule has 2 rings (SSSR count). The van der Waals surface area contributed by atoms with Crippen molar-refractivity contribution in [2.45, 2.75) is 23.8 Å². The van der Waals surface area contributed by atoms with Crippen LogP contribution in [0.4, 0.5) is 0 Å². The molecular weight excluding hydrogens is 222 g/mol. The first kappa shape index (κ1) is 11.0. The average Bonchev–Trinajstić information content (AvgIpc) is 2.66. The summed E-state index contributed by atoms with van der Waals surface area (Å²) in [5.74, 6) is 0. The predicted molar refractivity (Wildman–Crippen MR) is 62.2 cm³/mol. The third-order valence-electron chi connectivity index (χ3n) is 2.42. The smallest absolute Gasteiger partial charge is 0.221 e. The van der Waals surface area contributed by atoms with Crippen molar-refractivity contribution in [3.63, 3.8) is 0 Å². The molecule has 0 unspecified atom stereocenters. The molecule has 0 aliphatic rings. The van der Waals surface area contributed by atoms with Crippen molar-refractivity contribution in [2.24, 2.45) is 0 Å². The molecule has 0 fully saturated rings. The number of aromatic nitrogens is 1. The number of nitrogens with one attached hydrogen (secondary N) is 1. The molecule has 0 radical (unpaired) electrons. The van der Waals surface area contributed by atoms with E-state index in [0.717, 1.165) is 11.1 Å². The Labute approximate surface area is 95.1 Å². The van der Waals surface area contributed by atoms with Gasteiger partial charge in [-0.25, -0.2) is 8.42 Å². The highest BCUT2D eigenvalue weighted by Gasteiger charge is 2.18. The molecule has 0 bridgehead atoms. The Bertz CT molecular complexity index is 594. The van der Waals surface area contributed by atoms with E-state index in [1.54, 1.807) is 36.5 Å². The van der Waals surface area contributed by atoms with Gasteiger partial charge in [-0.3, -0.25) is 0 Å². The Morgan fingerprint density at radius 1 is 1.00 bits per heavy atom. The molecule has 0 saturated heterocycles. The summed E-state index contributed by atoms with van der Waals surface area (Å²) in [6.07, 6.45) is 1.68. The maximum atomic E-state index is 12.1. The zero-order valence-corrected chi connectivity index (χ0v) is 10.0. The normalized spacial score (nSPS) is 11.6. The molecule has 2 aromatic rings. The summed E-state index contributed by atoms with van der Waals surface area (Å²) < 4.78 is 24.3. The van der Waals surface area contributed by atoms with Crippen LogP contribution in [0.25, 0.3) is 0 Å². The van der Waals surface area contributed by atoms with Gasteiger partial charge in [0.2, 0.25) is 9.84 Å². The van der Waals surface area contributed by atoms with Crippen LogP contribution in [0.3, 0.4) is 0 Å². The highest BCUT2D eigenvalue weighted by atomic mass is 32.2. The van der Waals surface area contributed by atoms with E-state index in [2.05, 4.69) is 4.98 Å². The lowest BCUT2D eigenvalue weighted by atomic mass is 10.2. The molecular formula is C12H13NO2S. The van der Waals surface area contributed by atoms with Gasteiger partial charge in [-0.2, -0.15) is 0 Å². The van der Waals surface area contributed by atoms with Crippen molar-refractivity contribution >= 4 is 9.84 Å². The Kier molecular flexibility index (Phi) is 2.59. The number of aromatic amines is 1. The molecule has 0 atom stereocenters. The van der Waals surface area contributed by atoms with Gasteiger partial charge in [-0.05, 0) is 37.6 Å². The van der Waals surface area contributed by atoms with Crippen molar-refractivity contribution in [1.29, 1.82) is 0 Å².